The fourth-order valence-electron chi connectivity index (χ4n) is 1.98. The van der Waals surface area contributed by atoms with Crippen LogP contribution in [-0.2, 0) is 13.1 Å². The minimum Gasteiger partial charge on any atom is -0.334 e. The fourth-order valence-corrected chi connectivity index (χ4v) is 1.98. The van der Waals surface area contributed by atoms with Gasteiger partial charge in [-0.05, 0) is 30.5 Å². The van der Waals surface area contributed by atoms with Crippen LogP contribution in [-0.4, -0.2) is 15.8 Å². The summed E-state index contributed by atoms with van der Waals surface area (Å²) in [5, 5.41) is 9.81. The van der Waals surface area contributed by atoms with Gasteiger partial charge in [-0.1, -0.05) is 26.0 Å². The zero-order valence-corrected chi connectivity index (χ0v) is 12.8. The number of urea groups is 1. The third-order valence-corrected chi connectivity index (χ3v) is 3.30. The maximum Gasteiger partial charge on any atom is 0.319 e. The normalized spacial score (nSPS) is 10.7. The molecule has 0 fully saturated rings. The summed E-state index contributed by atoms with van der Waals surface area (Å²) in [5.41, 5.74) is 3.04. The summed E-state index contributed by atoms with van der Waals surface area (Å²) in [6.07, 6.45) is 3.69. The molecule has 21 heavy (non-hydrogen) atoms. The topological polar surface area (TPSA) is 59.0 Å². The van der Waals surface area contributed by atoms with Gasteiger partial charge < -0.3 is 10.6 Å². The third kappa shape index (κ3) is 4.34. The monoisotopic (exact) mass is 286 g/mol. The molecule has 0 saturated carbocycles. The van der Waals surface area contributed by atoms with E-state index in [1.807, 2.05) is 42.1 Å². The van der Waals surface area contributed by atoms with Crippen molar-refractivity contribution in [2.75, 3.05) is 5.32 Å². The van der Waals surface area contributed by atoms with Crippen LogP contribution in [0.5, 0.6) is 0 Å². The highest BCUT2D eigenvalue weighted by Crippen LogP contribution is 2.16. The standard InChI is InChI=1S/C16H22N4O/c1-4-20-11-13(10-18-20)9-17-16(21)19-15-7-5-14(6-8-15)12(2)3/h5-8,10-12H,4,9H2,1-3H3,(H2,17,19,21). The van der Waals surface area contributed by atoms with Gasteiger partial charge in [-0.3, -0.25) is 4.68 Å². The van der Waals surface area contributed by atoms with E-state index in [2.05, 4.69) is 29.6 Å². The van der Waals surface area contributed by atoms with Crippen LogP contribution in [0.4, 0.5) is 10.5 Å². The van der Waals surface area contributed by atoms with Gasteiger partial charge >= 0.3 is 6.03 Å². The Bertz CT molecular complexity index is 587. The van der Waals surface area contributed by atoms with Crippen molar-refractivity contribution in [3.8, 4) is 0 Å². The van der Waals surface area contributed by atoms with Gasteiger partial charge in [-0.15, -0.1) is 0 Å². The molecular weight excluding hydrogens is 264 g/mol. The molecule has 0 aliphatic carbocycles. The summed E-state index contributed by atoms with van der Waals surface area (Å²) < 4.78 is 1.83. The summed E-state index contributed by atoms with van der Waals surface area (Å²) in [5.74, 6) is 0.489. The number of anilines is 1. The van der Waals surface area contributed by atoms with Gasteiger partial charge in [0.1, 0.15) is 0 Å². The first kappa shape index (κ1) is 15.1. The number of nitrogens with zero attached hydrogens (tertiary/aromatic N) is 2. The molecule has 0 saturated heterocycles. The van der Waals surface area contributed by atoms with Gasteiger partial charge in [-0.25, -0.2) is 4.79 Å². The molecule has 5 heteroatoms. The molecule has 5 nitrogen and oxygen atoms in total. The molecule has 0 bridgehead atoms. The molecule has 0 unspecified atom stereocenters. The summed E-state index contributed by atoms with van der Waals surface area (Å²) in [6, 6.07) is 7.70. The Hall–Kier alpha value is -2.30. The maximum atomic E-state index is 11.8. The molecule has 1 aromatic heterocycles. The van der Waals surface area contributed by atoms with E-state index in [0.717, 1.165) is 17.8 Å². The Balaban J connectivity index is 1.83. The Morgan fingerprint density at radius 3 is 2.57 bits per heavy atom. The number of carbonyl (C=O) groups excluding carboxylic acids is 1. The van der Waals surface area contributed by atoms with Gasteiger partial charge in [0.15, 0.2) is 0 Å². The van der Waals surface area contributed by atoms with Crippen LogP contribution in [0, 0.1) is 0 Å². The van der Waals surface area contributed by atoms with Crippen LogP contribution in [0.1, 0.15) is 37.8 Å². The van der Waals surface area contributed by atoms with E-state index in [9.17, 15) is 4.79 Å². The number of benzene rings is 1. The number of carbonyl (C=O) groups is 1. The Kier molecular flexibility index (Phi) is 4.98. The lowest BCUT2D eigenvalue weighted by Crippen LogP contribution is -2.28. The minimum absolute atomic E-state index is 0.212. The summed E-state index contributed by atoms with van der Waals surface area (Å²) in [7, 11) is 0. The highest BCUT2D eigenvalue weighted by Gasteiger charge is 2.04. The first-order valence-corrected chi connectivity index (χ1v) is 7.24. The quantitative estimate of drug-likeness (QED) is 0.885. The fraction of sp³-hybridized carbons (Fsp3) is 0.375. The lowest BCUT2D eigenvalue weighted by Gasteiger charge is -2.09. The Labute approximate surface area is 125 Å². The highest BCUT2D eigenvalue weighted by atomic mass is 16.2. The van der Waals surface area contributed by atoms with Gasteiger partial charge in [-0.2, -0.15) is 5.10 Å². The van der Waals surface area contributed by atoms with Crippen molar-refractivity contribution < 1.29 is 4.79 Å². The molecule has 112 valence electrons. The highest BCUT2D eigenvalue weighted by molar-refractivity contribution is 5.89. The number of hydrogen-bond donors (Lipinski definition) is 2. The number of hydrogen-bond acceptors (Lipinski definition) is 2. The van der Waals surface area contributed by atoms with Gasteiger partial charge in [0.2, 0.25) is 0 Å². The zero-order valence-electron chi connectivity index (χ0n) is 12.8. The van der Waals surface area contributed by atoms with Gasteiger partial charge in [0.05, 0.1) is 6.20 Å². The first-order chi connectivity index (χ1) is 10.1. The maximum absolute atomic E-state index is 11.8. The van der Waals surface area contributed by atoms with E-state index in [0.29, 0.717) is 12.5 Å². The average Bonchev–Trinajstić information content (AvgIpc) is 2.94. The molecule has 0 radical (unpaired) electrons. The SMILES string of the molecule is CCn1cc(CNC(=O)Nc2ccc(C(C)C)cc2)cn1. The van der Waals surface area contributed by atoms with E-state index in [1.54, 1.807) is 6.20 Å². The van der Waals surface area contributed by atoms with E-state index >= 15 is 0 Å². The number of aryl methyl sites for hydroxylation is 1. The molecule has 2 amide bonds. The molecule has 2 N–H and O–H groups in total. The predicted molar refractivity (Wildman–Crippen MR) is 84.3 cm³/mol. The van der Waals surface area contributed by atoms with Gasteiger partial charge in [0, 0.05) is 30.5 Å². The Morgan fingerprint density at radius 2 is 2.00 bits per heavy atom. The number of aromatic nitrogens is 2. The molecule has 1 heterocycles. The van der Waals surface area contributed by atoms with E-state index in [1.165, 1.54) is 5.56 Å². The van der Waals surface area contributed by atoms with Crippen LogP contribution in [0.2, 0.25) is 0 Å². The predicted octanol–water partition coefficient (Wildman–Crippen LogP) is 3.35. The second kappa shape index (κ2) is 6.92. The zero-order chi connectivity index (χ0) is 15.2. The molecule has 2 rings (SSSR count). The van der Waals surface area contributed by atoms with Crippen molar-refractivity contribution in [2.45, 2.75) is 39.8 Å². The van der Waals surface area contributed by atoms with E-state index < -0.39 is 0 Å². The second-order valence-corrected chi connectivity index (χ2v) is 5.29. The molecule has 0 aliphatic heterocycles. The van der Waals surface area contributed by atoms with Crippen molar-refractivity contribution >= 4 is 11.7 Å². The van der Waals surface area contributed by atoms with E-state index in [4.69, 9.17) is 0 Å². The van der Waals surface area contributed by atoms with E-state index in [-0.39, 0.29) is 6.03 Å². The van der Waals surface area contributed by atoms with Crippen LogP contribution in [0.25, 0.3) is 0 Å². The van der Waals surface area contributed by atoms with Crippen molar-refractivity contribution in [2.24, 2.45) is 0 Å². The number of rotatable bonds is 5. The van der Waals surface area contributed by atoms with Crippen molar-refractivity contribution in [1.29, 1.82) is 0 Å². The molecule has 0 atom stereocenters. The molecule has 2 aromatic rings. The number of amides is 2. The third-order valence-electron chi connectivity index (χ3n) is 3.30. The smallest absolute Gasteiger partial charge is 0.319 e. The first-order valence-electron chi connectivity index (χ1n) is 7.24. The second-order valence-electron chi connectivity index (χ2n) is 5.29. The molecular formula is C16H22N4O. The minimum atomic E-state index is -0.212. The summed E-state index contributed by atoms with van der Waals surface area (Å²) in [6.45, 7) is 7.61. The van der Waals surface area contributed by atoms with Crippen molar-refractivity contribution in [1.82, 2.24) is 15.1 Å². The average molecular weight is 286 g/mol. The molecule has 0 spiro atoms. The van der Waals surface area contributed by atoms with Crippen LogP contribution >= 0.6 is 0 Å². The van der Waals surface area contributed by atoms with Crippen LogP contribution in [0.3, 0.4) is 0 Å². The van der Waals surface area contributed by atoms with Crippen LogP contribution in [0.15, 0.2) is 36.7 Å². The largest absolute Gasteiger partial charge is 0.334 e. The van der Waals surface area contributed by atoms with Crippen LogP contribution < -0.4 is 10.6 Å². The summed E-state index contributed by atoms with van der Waals surface area (Å²) in [4.78, 5) is 11.8. The Morgan fingerprint density at radius 1 is 1.29 bits per heavy atom. The van der Waals surface area contributed by atoms with Gasteiger partial charge in [0.25, 0.3) is 0 Å². The number of nitrogens with one attached hydrogen (secondary N) is 2. The van der Waals surface area contributed by atoms with Crippen molar-refractivity contribution in [3.05, 3.63) is 47.8 Å². The summed E-state index contributed by atoms with van der Waals surface area (Å²) >= 11 is 0. The molecule has 1 aromatic carbocycles. The molecule has 0 aliphatic rings. The van der Waals surface area contributed by atoms with Crippen molar-refractivity contribution in [3.63, 3.8) is 0 Å². The lowest BCUT2D eigenvalue weighted by atomic mass is 10.0. The lowest BCUT2D eigenvalue weighted by molar-refractivity contribution is 0.251.